The third kappa shape index (κ3) is 6.48. The smallest absolute Gasteiger partial charge is 0.255 e. The maximum absolute atomic E-state index is 13.3. The van der Waals surface area contributed by atoms with Crippen molar-refractivity contribution in [3.8, 4) is 11.5 Å². The van der Waals surface area contributed by atoms with Crippen molar-refractivity contribution in [3.05, 3.63) is 59.7 Å². The van der Waals surface area contributed by atoms with E-state index in [-0.39, 0.29) is 17.7 Å². The fourth-order valence-corrected chi connectivity index (χ4v) is 4.00. The lowest BCUT2D eigenvalue weighted by atomic mass is 10.0. The van der Waals surface area contributed by atoms with Crippen LogP contribution in [0, 0.1) is 5.92 Å². The number of hydrogen-bond donors (Lipinski definition) is 1. The molecule has 1 N–H and O–H groups in total. The van der Waals surface area contributed by atoms with Gasteiger partial charge in [0.15, 0.2) is 0 Å². The molecule has 0 aromatic heterocycles. The number of hydrogen-bond acceptors (Lipinski definition) is 5. The second-order valence-corrected chi connectivity index (χ2v) is 8.57. The summed E-state index contributed by atoms with van der Waals surface area (Å²) in [5.74, 6) is 1.01. The topological polar surface area (TPSA) is 71.1 Å². The highest BCUT2D eigenvalue weighted by molar-refractivity contribution is 5.99. The van der Waals surface area contributed by atoms with Crippen LogP contribution < -0.4 is 14.8 Å². The third-order valence-corrected chi connectivity index (χ3v) is 5.90. The lowest BCUT2D eigenvalue weighted by molar-refractivity contribution is -0.136. The van der Waals surface area contributed by atoms with E-state index in [2.05, 4.69) is 22.3 Å². The average Bonchev–Trinajstić information content (AvgIpc) is 2.83. The van der Waals surface area contributed by atoms with Gasteiger partial charge in [-0.1, -0.05) is 38.1 Å². The second-order valence-electron chi connectivity index (χ2n) is 8.57. The molecular weight excluding hydrogens is 418 g/mol. The summed E-state index contributed by atoms with van der Waals surface area (Å²) in [6, 6.07) is 14.6. The van der Waals surface area contributed by atoms with Gasteiger partial charge in [-0.2, -0.15) is 0 Å². The molecule has 0 spiro atoms. The molecule has 0 saturated carbocycles. The van der Waals surface area contributed by atoms with Gasteiger partial charge in [-0.15, -0.1) is 0 Å². The first-order valence-electron chi connectivity index (χ1n) is 11.6. The number of benzene rings is 2. The SMILES string of the molecule is CCOc1ccc(CN2CCN(C(=O)[C@@H](NC(=O)c3ccccc3OC)C(C)C)CC2)cc1. The van der Waals surface area contributed by atoms with Crippen molar-refractivity contribution in [2.75, 3.05) is 39.9 Å². The zero-order chi connectivity index (χ0) is 23.8. The first kappa shape index (κ1) is 24.6. The minimum atomic E-state index is -0.583. The van der Waals surface area contributed by atoms with Crippen LogP contribution in [0.1, 0.15) is 36.7 Å². The van der Waals surface area contributed by atoms with Gasteiger partial charge in [0.05, 0.1) is 19.3 Å². The van der Waals surface area contributed by atoms with Crippen molar-refractivity contribution >= 4 is 11.8 Å². The molecule has 0 aliphatic carbocycles. The van der Waals surface area contributed by atoms with Crippen LogP contribution in [0.5, 0.6) is 11.5 Å². The Hall–Kier alpha value is -3.06. The van der Waals surface area contributed by atoms with Gasteiger partial charge in [-0.3, -0.25) is 14.5 Å². The highest BCUT2D eigenvalue weighted by atomic mass is 16.5. The number of nitrogens with zero attached hydrogens (tertiary/aromatic N) is 2. The van der Waals surface area contributed by atoms with Crippen molar-refractivity contribution < 1.29 is 19.1 Å². The number of methoxy groups -OCH3 is 1. The minimum Gasteiger partial charge on any atom is -0.496 e. The van der Waals surface area contributed by atoms with E-state index in [9.17, 15) is 9.59 Å². The van der Waals surface area contributed by atoms with Gasteiger partial charge in [0.25, 0.3) is 5.91 Å². The molecule has 7 nitrogen and oxygen atoms in total. The van der Waals surface area contributed by atoms with Gasteiger partial charge in [0, 0.05) is 32.7 Å². The molecular formula is C26H35N3O4. The van der Waals surface area contributed by atoms with Crippen LogP contribution in [0.3, 0.4) is 0 Å². The number of para-hydroxylation sites is 1. The number of amides is 2. The summed E-state index contributed by atoms with van der Waals surface area (Å²) in [7, 11) is 1.53. The molecule has 0 radical (unpaired) electrons. The molecule has 2 amide bonds. The van der Waals surface area contributed by atoms with Gasteiger partial charge in [0.1, 0.15) is 17.5 Å². The Morgan fingerprint density at radius 2 is 1.67 bits per heavy atom. The van der Waals surface area contributed by atoms with Crippen LogP contribution in [0.25, 0.3) is 0 Å². The highest BCUT2D eigenvalue weighted by Crippen LogP contribution is 2.19. The van der Waals surface area contributed by atoms with E-state index in [1.165, 1.54) is 12.7 Å². The molecule has 1 fully saturated rings. The summed E-state index contributed by atoms with van der Waals surface area (Å²) in [6.45, 7) is 10.3. The maximum atomic E-state index is 13.3. The monoisotopic (exact) mass is 453 g/mol. The Morgan fingerprint density at radius 3 is 2.27 bits per heavy atom. The minimum absolute atomic E-state index is 0.0296. The van der Waals surface area contributed by atoms with Crippen molar-refractivity contribution in [3.63, 3.8) is 0 Å². The van der Waals surface area contributed by atoms with Crippen molar-refractivity contribution in [1.29, 1.82) is 0 Å². The Kier molecular flexibility index (Phi) is 8.72. The molecule has 1 heterocycles. The van der Waals surface area contributed by atoms with Gasteiger partial charge in [-0.05, 0) is 42.7 Å². The molecule has 7 heteroatoms. The lowest BCUT2D eigenvalue weighted by Gasteiger charge is -2.37. The lowest BCUT2D eigenvalue weighted by Crippen LogP contribution is -2.56. The quantitative estimate of drug-likeness (QED) is 0.631. The molecule has 0 bridgehead atoms. The van der Waals surface area contributed by atoms with E-state index in [0.29, 0.717) is 31.0 Å². The van der Waals surface area contributed by atoms with Crippen LogP contribution in [0.15, 0.2) is 48.5 Å². The number of piperazine rings is 1. The summed E-state index contributed by atoms with van der Waals surface area (Å²) in [5, 5.41) is 2.94. The zero-order valence-electron chi connectivity index (χ0n) is 20.0. The molecule has 1 aliphatic heterocycles. The molecule has 1 saturated heterocycles. The normalized spacial score (nSPS) is 15.2. The molecule has 2 aromatic rings. The largest absolute Gasteiger partial charge is 0.496 e. The fourth-order valence-electron chi connectivity index (χ4n) is 4.00. The van der Waals surface area contributed by atoms with E-state index in [1.54, 1.807) is 18.2 Å². The predicted molar refractivity (Wildman–Crippen MR) is 129 cm³/mol. The summed E-state index contributed by atoms with van der Waals surface area (Å²) in [6.07, 6.45) is 0. The number of carbonyl (C=O) groups excluding carboxylic acids is 2. The van der Waals surface area contributed by atoms with Gasteiger partial charge in [0.2, 0.25) is 5.91 Å². The Morgan fingerprint density at radius 1 is 1.00 bits per heavy atom. The van der Waals surface area contributed by atoms with Crippen molar-refractivity contribution in [2.45, 2.75) is 33.4 Å². The Bertz CT molecular complexity index is 921. The van der Waals surface area contributed by atoms with Gasteiger partial charge >= 0.3 is 0 Å². The van der Waals surface area contributed by atoms with Crippen LogP contribution >= 0.6 is 0 Å². The number of carbonyl (C=O) groups is 2. The molecule has 3 rings (SSSR count). The Labute approximate surface area is 196 Å². The maximum Gasteiger partial charge on any atom is 0.255 e. The first-order valence-corrected chi connectivity index (χ1v) is 11.6. The van der Waals surface area contributed by atoms with E-state index in [1.807, 2.05) is 43.9 Å². The Balaban J connectivity index is 1.56. The second kappa shape index (κ2) is 11.7. The summed E-state index contributed by atoms with van der Waals surface area (Å²) in [4.78, 5) is 30.3. The fraction of sp³-hybridized carbons (Fsp3) is 0.462. The van der Waals surface area contributed by atoms with Gasteiger partial charge < -0.3 is 19.7 Å². The molecule has 178 valence electrons. The highest BCUT2D eigenvalue weighted by Gasteiger charge is 2.31. The van der Waals surface area contributed by atoms with Crippen LogP contribution in [-0.4, -0.2) is 67.6 Å². The number of ether oxygens (including phenoxy) is 2. The van der Waals surface area contributed by atoms with Crippen molar-refractivity contribution in [1.82, 2.24) is 15.1 Å². The van der Waals surface area contributed by atoms with Crippen LogP contribution in [0.4, 0.5) is 0 Å². The van der Waals surface area contributed by atoms with E-state index >= 15 is 0 Å². The number of rotatable bonds is 9. The zero-order valence-corrected chi connectivity index (χ0v) is 20.0. The van der Waals surface area contributed by atoms with Crippen molar-refractivity contribution in [2.24, 2.45) is 5.92 Å². The summed E-state index contributed by atoms with van der Waals surface area (Å²) in [5.41, 5.74) is 1.65. The summed E-state index contributed by atoms with van der Waals surface area (Å²) < 4.78 is 10.8. The third-order valence-electron chi connectivity index (χ3n) is 5.90. The van der Waals surface area contributed by atoms with Gasteiger partial charge in [-0.25, -0.2) is 0 Å². The predicted octanol–water partition coefficient (Wildman–Crippen LogP) is 3.19. The number of nitrogens with one attached hydrogen (secondary N) is 1. The molecule has 1 atom stereocenters. The molecule has 0 unspecified atom stereocenters. The van der Waals surface area contributed by atoms with E-state index in [0.717, 1.165) is 25.4 Å². The van der Waals surface area contributed by atoms with E-state index in [4.69, 9.17) is 9.47 Å². The molecule has 33 heavy (non-hydrogen) atoms. The van der Waals surface area contributed by atoms with Crippen LogP contribution in [0.2, 0.25) is 0 Å². The molecule has 1 aliphatic rings. The van der Waals surface area contributed by atoms with E-state index < -0.39 is 6.04 Å². The molecule has 2 aromatic carbocycles. The average molecular weight is 454 g/mol. The summed E-state index contributed by atoms with van der Waals surface area (Å²) >= 11 is 0. The van der Waals surface area contributed by atoms with Crippen LogP contribution in [-0.2, 0) is 11.3 Å². The standard InChI is InChI=1S/C26H35N3O4/c1-5-33-21-12-10-20(11-13-21)18-28-14-16-29(17-15-28)26(31)24(19(2)3)27-25(30)22-8-6-7-9-23(22)32-4/h6-13,19,24H,5,14-18H2,1-4H3,(H,27,30)/t24-/m0/s1. The first-order chi connectivity index (χ1) is 15.9.